The van der Waals surface area contributed by atoms with Gasteiger partial charge in [-0.25, -0.2) is 0 Å². The van der Waals surface area contributed by atoms with E-state index in [4.69, 9.17) is 10.5 Å². The number of hydrogen-bond acceptors (Lipinski definition) is 5. The molecule has 0 aliphatic heterocycles. The second-order valence-electron chi connectivity index (χ2n) is 4.51. The highest BCUT2D eigenvalue weighted by Gasteiger charge is 2.26. The fourth-order valence-electron chi connectivity index (χ4n) is 2.28. The minimum atomic E-state index is -0.477. The molecule has 0 saturated heterocycles. The van der Waals surface area contributed by atoms with Crippen LogP contribution in [0.4, 0.5) is 11.4 Å². The minimum Gasteiger partial charge on any atom is -0.466 e. The van der Waals surface area contributed by atoms with Crippen molar-refractivity contribution >= 4 is 17.3 Å². The van der Waals surface area contributed by atoms with Crippen LogP contribution in [0.15, 0.2) is 12.1 Å². The number of carbonyl (C=O) groups is 1. The lowest BCUT2D eigenvalue weighted by atomic mass is 10.1. The smallest absolute Gasteiger partial charge is 0.302 e. The number of fused-ring (bicyclic) bond motifs is 1. The van der Waals surface area contributed by atoms with Crippen LogP contribution in [-0.2, 0) is 22.4 Å². The summed E-state index contributed by atoms with van der Waals surface area (Å²) < 4.78 is 4.96. The van der Waals surface area contributed by atoms with E-state index in [0.29, 0.717) is 13.0 Å². The molecule has 0 bridgehead atoms. The van der Waals surface area contributed by atoms with Gasteiger partial charge >= 0.3 is 5.97 Å². The van der Waals surface area contributed by atoms with Gasteiger partial charge < -0.3 is 10.5 Å². The van der Waals surface area contributed by atoms with E-state index in [1.165, 1.54) is 13.0 Å². The zero-order valence-corrected chi connectivity index (χ0v) is 10.0. The third-order valence-electron chi connectivity index (χ3n) is 3.09. The summed E-state index contributed by atoms with van der Waals surface area (Å²) in [5, 5.41) is 10.8. The number of nitro groups is 1. The number of esters is 1. The quantitative estimate of drug-likeness (QED) is 0.379. The monoisotopic (exact) mass is 250 g/mol. The second-order valence-corrected chi connectivity index (χ2v) is 4.51. The van der Waals surface area contributed by atoms with E-state index in [-0.39, 0.29) is 23.3 Å². The molecule has 0 heterocycles. The molecule has 96 valence electrons. The summed E-state index contributed by atoms with van der Waals surface area (Å²) in [6.07, 6.45) is 1.43. The van der Waals surface area contributed by atoms with Crippen molar-refractivity contribution < 1.29 is 14.5 Å². The molecular formula is C12H14N2O4. The first-order valence-electron chi connectivity index (χ1n) is 5.66. The molecule has 1 aromatic rings. The van der Waals surface area contributed by atoms with E-state index < -0.39 is 4.92 Å². The van der Waals surface area contributed by atoms with E-state index in [1.807, 2.05) is 0 Å². The Morgan fingerprint density at radius 2 is 2.11 bits per heavy atom. The highest BCUT2D eigenvalue weighted by atomic mass is 16.6. The summed E-state index contributed by atoms with van der Waals surface area (Å²) in [5.41, 5.74) is 7.70. The average molecular weight is 250 g/mol. The van der Waals surface area contributed by atoms with Crippen molar-refractivity contribution in [2.24, 2.45) is 5.92 Å². The second kappa shape index (κ2) is 4.64. The molecule has 1 aromatic carbocycles. The molecule has 1 aliphatic carbocycles. The number of hydrogen-bond donors (Lipinski definition) is 1. The van der Waals surface area contributed by atoms with Crippen LogP contribution in [0, 0.1) is 16.0 Å². The SMILES string of the molecule is CC(=O)OCC1Cc2cc(N)c([N+](=O)[O-])cc2C1. The number of ether oxygens (including phenoxy) is 1. The van der Waals surface area contributed by atoms with Crippen molar-refractivity contribution in [3.05, 3.63) is 33.4 Å². The number of anilines is 1. The van der Waals surface area contributed by atoms with Crippen molar-refractivity contribution in [3.8, 4) is 0 Å². The molecular weight excluding hydrogens is 236 g/mol. The molecule has 6 nitrogen and oxygen atoms in total. The molecule has 0 saturated carbocycles. The van der Waals surface area contributed by atoms with Crippen molar-refractivity contribution in [2.45, 2.75) is 19.8 Å². The van der Waals surface area contributed by atoms with Gasteiger partial charge in [-0.1, -0.05) is 0 Å². The zero-order valence-electron chi connectivity index (χ0n) is 10.0. The number of carbonyl (C=O) groups excluding carboxylic acids is 1. The van der Waals surface area contributed by atoms with E-state index in [2.05, 4.69) is 0 Å². The molecule has 0 fully saturated rings. The highest BCUT2D eigenvalue weighted by molar-refractivity contribution is 5.66. The standard InChI is InChI=1S/C12H14N2O4/c1-7(15)18-6-8-2-9-4-11(13)12(14(16)17)5-10(9)3-8/h4-5,8H,2-3,6,13H2,1H3. The number of rotatable bonds is 3. The predicted molar refractivity (Wildman–Crippen MR) is 65.0 cm³/mol. The largest absolute Gasteiger partial charge is 0.466 e. The Bertz CT molecular complexity index is 513. The Labute approximate surface area is 104 Å². The first-order chi connectivity index (χ1) is 8.47. The number of nitrogens with zero attached hydrogens (tertiary/aromatic N) is 1. The van der Waals surface area contributed by atoms with Gasteiger partial charge in [0.1, 0.15) is 5.69 Å². The molecule has 2 N–H and O–H groups in total. The van der Waals surface area contributed by atoms with Gasteiger partial charge in [0.25, 0.3) is 5.69 Å². The molecule has 0 aromatic heterocycles. The summed E-state index contributed by atoms with van der Waals surface area (Å²) in [5.74, 6) is -0.123. The first-order valence-corrected chi connectivity index (χ1v) is 5.66. The van der Waals surface area contributed by atoms with Crippen LogP contribution < -0.4 is 5.73 Å². The van der Waals surface area contributed by atoms with Gasteiger partial charge in [-0.2, -0.15) is 0 Å². The van der Waals surface area contributed by atoms with Crippen LogP contribution in [0.5, 0.6) is 0 Å². The molecule has 0 amide bonds. The van der Waals surface area contributed by atoms with Crippen LogP contribution in [0.1, 0.15) is 18.1 Å². The number of nitro benzene ring substituents is 1. The first kappa shape index (κ1) is 12.3. The lowest BCUT2D eigenvalue weighted by Crippen LogP contribution is -2.12. The summed E-state index contributed by atoms with van der Waals surface area (Å²) in [7, 11) is 0. The normalized spacial score (nSPS) is 17.3. The molecule has 0 radical (unpaired) electrons. The minimum absolute atomic E-state index is 0.0538. The Hall–Kier alpha value is -2.11. The zero-order chi connectivity index (χ0) is 13.3. The topological polar surface area (TPSA) is 95.5 Å². The van der Waals surface area contributed by atoms with Crippen LogP contribution >= 0.6 is 0 Å². The van der Waals surface area contributed by atoms with E-state index in [1.54, 1.807) is 6.07 Å². The van der Waals surface area contributed by atoms with Gasteiger partial charge in [-0.15, -0.1) is 0 Å². The van der Waals surface area contributed by atoms with Gasteiger partial charge in [0.2, 0.25) is 0 Å². The summed E-state index contributed by atoms with van der Waals surface area (Å²) in [6, 6.07) is 3.18. The maximum absolute atomic E-state index is 10.8. The van der Waals surface area contributed by atoms with Crippen LogP contribution in [0.3, 0.4) is 0 Å². The van der Waals surface area contributed by atoms with Crippen LogP contribution in [0.25, 0.3) is 0 Å². The molecule has 0 spiro atoms. The maximum atomic E-state index is 10.8. The van der Waals surface area contributed by atoms with E-state index in [0.717, 1.165) is 17.5 Å². The molecule has 1 atom stereocenters. The van der Waals surface area contributed by atoms with Crippen molar-refractivity contribution in [1.82, 2.24) is 0 Å². The number of nitrogen functional groups attached to an aromatic ring is 1. The summed E-state index contributed by atoms with van der Waals surface area (Å²) in [6.45, 7) is 1.71. The predicted octanol–water partition coefficient (Wildman–Crippen LogP) is 1.45. The van der Waals surface area contributed by atoms with Gasteiger partial charge in [0, 0.05) is 18.9 Å². The van der Waals surface area contributed by atoms with E-state index in [9.17, 15) is 14.9 Å². The maximum Gasteiger partial charge on any atom is 0.302 e. The molecule has 18 heavy (non-hydrogen) atoms. The van der Waals surface area contributed by atoms with Crippen LogP contribution in [-0.4, -0.2) is 17.5 Å². The third-order valence-corrected chi connectivity index (χ3v) is 3.09. The van der Waals surface area contributed by atoms with Gasteiger partial charge in [0.15, 0.2) is 0 Å². The summed E-state index contributed by atoms with van der Waals surface area (Å²) >= 11 is 0. The highest BCUT2D eigenvalue weighted by Crippen LogP contribution is 2.33. The number of nitrogens with two attached hydrogens (primary N) is 1. The lowest BCUT2D eigenvalue weighted by Gasteiger charge is -2.07. The Kier molecular flexibility index (Phi) is 3.18. The summed E-state index contributed by atoms with van der Waals surface area (Å²) in [4.78, 5) is 21.0. The van der Waals surface area contributed by atoms with Gasteiger partial charge in [0.05, 0.1) is 11.5 Å². The fourth-order valence-corrected chi connectivity index (χ4v) is 2.28. The molecule has 2 rings (SSSR count). The van der Waals surface area contributed by atoms with Crippen molar-refractivity contribution in [3.63, 3.8) is 0 Å². The molecule has 1 unspecified atom stereocenters. The van der Waals surface area contributed by atoms with Gasteiger partial charge in [-0.05, 0) is 30.0 Å². The Morgan fingerprint density at radius 3 is 2.67 bits per heavy atom. The fraction of sp³-hybridized carbons (Fsp3) is 0.417. The third kappa shape index (κ3) is 2.42. The Morgan fingerprint density at radius 1 is 1.50 bits per heavy atom. The number of benzene rings is 1. The van der Waals surface area contributed by atoms with Crippen molar-refractivity contribution in [2.75, 3.05) is 12.3 Å². The lowest BCUT2D eigenvalue weighted by molar-refractivity contribution is -0.384. The van der Waals surface area contributed by atoms with E-state index >= 15 is 0 Å². The van der Waals surface area contributed by atoms with Crippen molar-refractivity contribution in [1.29, 1.82) is 0 Å². The van der Waals surface area contributed by atoms with Crippen LogP contribution in [0.2, 0.25) is 0 Å². The van der Waals surface area contributed by atoms with Gasteiger partial charge in [-0.3, -0.25) is 14.9 Å². The Balaban J connectivity index is 2.15. The molecule has 6 heteroatoms. The average Bonchev–Trinajstić information content (AvgIpc) is 2.66. The molecule has 1 aliphatic rings.